The Bertz CT molecular complexity index is 877. The van der Waals surface area contributed by atoms with E-state index < -0.39 is 11.8 Å². The first-order chi connectivity index (χ1) is 15.0. The van der Waals surface area contributed by atoms with Crippen molar-refractivity contribution in [3.05, 3.63) is 54.1 Å². The highest BCUT2D eigenvalue weighted by Gasteiger charge is 2.25. The number of ether oxygens (including phenoxy) is 1. The van der Waals surface area contributed by atoms with Crippen molar-refractivity contribution >= 4 is 23.2 Å². The second kappa shape index (κ2) is 10.8. The van der Waals surface area contributed by atoms with Crippen molar-refractivity contribution < 1.29 is 14.3 Å². The second-order valence-electron chi connectivity index (χ2n) is 7.84. The number of nitrogens with one attached hydrogen (secondary N) is 2. The first kappa shape index (κ1) is 22.6. The fourth-order valence-electron chi connectivity index (χ4n) is 3.81. The first-order valence-electron chi connectivity index (χ1n) is 10.8. The van der Waals surface area contributed by atoms with Crippen molar-refractivity contribution in [1.82, 2.24) is 10.2 Å². The average Bonchev–Trinajstić information content (AvgIpc) is 3.30. The van der Waals surface area contributed by atoms with E-state index in [1.54, 1.807) is 18.2 Å². The number of benzene rings is 2. The van der Waals surface area contributed by atoms with Crippen LogP contribution in [-0.4, -0.2) is 57.1 Å². The minimum absolute atomic E-state index is 0.0335. The molecule has 1 fully saturated rings. The smallest absolute Gasteiger partial charge is 0.313 e. The molecule has 2 amide bonds. The number of carbonyl (C=O) groups excluding carboxylic acids is 2. The number of likely N-dealkylation sites (tertiary alicyclic amines) is 1. The zero-order chi connectivity index (χ0) is 22.2. The molecule has 0 saturated carbocycles. The molecule has 0 spiro atoms. The molecular weight excluding hydrogens is 392 g/mol. The average molecular weight is 425 g/mol. The molecule has 0 unspecified atom stereocenters. The summed E-state index contributed by atoms with van der Waals surface area (Å²) in [5.41, 5.74) is 2.75. The summed E-state index contributed by atoms with van der Waals surface area (Å²) >= 11 is 0. The van der Waals surface area contributed by atoms with E-state index >= 15 is 0 Å². The summed E-state index contributed by atoms with van der Waals surface area (Å²) in [4.78, 5) is 29.4. The lowest BCUT2D eigenvalue weighted by Gasteiger charge is -2.28. The van der Waals surface area contributed by atoms with Crippen LogP contribution >= 0.6 is 0 Å². The summed E-state index contributed by atoms with van der Waals surface area (Å²) in [6.45, 7) is 4.70. The molecule has 2 aromatic rings. The molecule has 1 saturated heterocycles. The molecular formula is C24H32N4O3. The summed E-state index contributed by atoms with van der Waals surface area (Å²) in [6.07, 6.45) is 2.30. The van der Waals surface area contributed by atoms with Crippen LogP contribution in [0.2, 0.25) is 0 Å². The van der Waals surface area contributed by atoms with Crippen molar-refractivity contribution in [3.8, 4) is 5.75 Å². The molecule has 1 aliphatic rings. The summed E-state index contributed by atoms with van der Waals surface area (Å²) in [5, 5.41) is 5.48. The summed E-state index contributed by atoms with van der Waals surface area (Å²) in [6, 6.07) is 15.5. The maximum atomic E-state index is 12.5. The number of nitrogens with zero attached hydrogens (tertiary/aromatic N) is 2. The molecule has 0 radical (unpaired) electrons. The Hall–Kier alpha value is -3.06. The van der Waals surface area contributed by atoms with E-state index in [0.29, 0.717) is 24.6 Å². The maximum Gasteiger partial charge on any atom is 0.313 e. The molecule has 0 bridgehead atoms. The predicted octanol–water partition coefficient (Wildman–Crippen LogP) is 3.04. The summed E-state index contributed by atoms with van der Waals surface area (Å²) in [7, 11) is 4.02. The largest absolute Gasteiger partial charge is 0.492 e. The fraction of sp³-hybridized carbons (Fsp3) is 0.417. The van der Waals surface area contributed by atoms with Crippen molar-refractivity contribution in [2.45, 2.75) is 25.8 Å². The number of anilines is 2. The van der Waals surface area contributed by atoms with Gasteiger partial charge in [0.2, 0.25) is 0 Å². The maximum absolute atomic E-state index is 12.5. The van der Waals surface area contributed by atoms with Crippen LogP contribution in [0.3, 0.4) is 0 Å². The molecule has 0 aromatic heterocycles. The summed E-state index contributed by atoms with van der Waals surface area (Å²) < 4.78 is 5.51. The molecule has 31 heavy (non-hydrogen) atoms. The predicted molar refractivity (Wildman–Crippen MR) is 124 cm³/mol. The zero-order valence-corrected chi connectivity index (χ0v) is 18.6. The van der Waals surface area contributed by atoms with Crippen LogP contribution in [-0.2, 0) is 9.59 Å². The van der Waals surface area contributed by atoms with Gasteiger partial charge in [-0.25, -0.2) is 0 Å². The highest BCUT2D eigenvalue weighted by molar-refractivity contribution is 6.39. The van der Waals surface area contributed by atoms with Gasteiger partial charge in [-0.1, -0.05) is 24.3 Å². The standard InChI is InChI=1S/C24H32N4O3/c1-4-31-22-10-6-5-9-20(22)26-24(30)23(29)25-17-21(28-15-7-8-16-28)18-11-13-19(14-12-18)27(2)3/h5-6,9-14,21H,4,7-8,15-17H2,1-3H3,(H,25,29)(H,26,30)/t21-/m0/s1. The van der Waals surface area contributed by atoms with Crippen molar-refractivity contribution in [2.24, 2.45) is 0 Å². The minimum Gasteiger partial charge on any atom is -0.492 e. The van der Waals surface area contributed by atoms with Gasteiger partial charge in [-0.3, -0.25) is 14.5 Å². The van der Waals surface area contributed by atoms with Gasteiger partial charge in [-0.05, 0) is 62.7 Å². The van der Waals surface area contributed by atoms with Gasteiger partial charge in [0.25, 0.3) is 0 Å². The van der Waals surface area contributed by atoms with Gasteiger partial charge in [0.1, 0.15) is 5.75 Å². The van der Waals surface area contributed by atoms with Crippen molar-refractivity contribution in [3.63, 3.8) is 0 Å². The number of carbonyl (C=O) groups is 2. The van der Waals surface area contributed by atoms with E-state index in [4.69, 9.17) is 4.74 Å². The van der Waals surface area contributed by atoms with Crippen LogP contribution in [0.15, 0.2) is 48.5 Å². The number of para-hydroxylation sites is 2. The van der Waals surface area contributed by atoms with Gasteiger partial charge in [0.15, 0.2) is 0 Å². The van der Waals surface area contributed by atoms with Gasteiger partial charge in [-0.15, -0.1) is 0 Å². The Morgan fingerprint density at radius 1 is 1.03 bits per heavy atom. The van der Waals surface area contributed by atoms with E-state index in [-0.39, 0.29) is 6.04 Å². The first-order valence-corrected chi connectivity index (χ1v) is 10.8. The third-order valence-corrected chi connectivity index (χ3v) is 5.47. The topological polar surface area (TPSA) is 73.9 Å². The quantitative estimate of drug-likeness (QED) is 0.637. The Morgan fingerprint density at radius 2 is 1.71 bits per heavy atom. The SMILES string of the molecule is CCOc1ccccc1NC(=O)C(=O)NC[C@@H](c1ccc(N(C)C)cc1)N1CCCC1. The fourth-order valence-corrected chi connectivity index (χ4v) is 3.81. The van der Waals surface area contributed by atoms with Crippen LogP contribution in [0.1, 0.15) is 31.4 Å². The number of hydrogen-bond donors (Lipinski definition) is 2. The van der Waals surface area contributed by atoms with Crippen molar-refractivity contribution in [2.75, 3.05) is 50.6 Å². The number of rotatable bonds is 8. The van der Waals surface area contributed by atoms with E-state index in [1.165, 1.54) is 0 Å². The van der Waals surface area contributed by atoms with E-state index in [1.807, 2.05) is 27.1 Å². The second-order valence-corrected chi connectivity index (χ2v) is 7.84. The Morgan fingerprint density at radius 3 is 2.35 bits per heavy atom. The third kappa shape index (κ3) is 5.98. The van der Waals surface area contributed by atoms with Gasteiger partial charge >= 0.3 is 11.8 Å². The van der Waals surface area contributed by atoms with Gasteiger partial charge in [0, 0.05) is 26.3 Å². The number of hydrogen-bond acceptors (Lipinski definition) is 5. The third-order valence-electron chi connectivity index (χ3n) is 5.47. The van der Waals surface area contributed by atoms with Crippen LogP contribution < -0.4 is 20.3 Å². The monoisotopic (exact) mass is 424 g/mol. The Labute approximate surface area is 184 Å². The Balaban J connectivity index is 1.65. The molecule has 1 aliphatic heterocycles. The van der Waals surface area contributed by atoms with Crippen molar-refractivity contribution in [1.29, 1.82) is 0 Å². The molecule has 2 N–H and O–H groups in total. The van der Waals surface area contributed by atoms with Gasteiger partial charge < -0.3 is 20.3 Å². The van der Waals surface area contributed by atoms with Crippen LogP contribution in [0, 0.1) is 0 Å². The minimum atomic E-state index is -0.699. The zero-order valence-electron chi connectivity index (χ0n) is 18.6. The van der Waals surface area contributed by atoms with E-state index in [9.17, 15) is 9.59 Å². The van der Waals surface area contributed by atoms with Crippen LogP contribution in [0.25, 0.3) is 0 Å². The van der Waals surface area contributed by atoms with Crippen LogP contribution in [0.4, 0.5) is 11.4 Å². The molecule has 7 nitrogen and oxygen atoms in total. The van der Waals surface area contributed by atoms with Gasteiger partial charge in [0.05, 0.1) is 18.3 Å². The lowest BCUT2D eigenvalue weighted by molar-refractivity contribution is -0.136. The molecule has 7 heteroatoms. The van der Waals surface area contributed by atoms with Crippen LogP contribution in [0.5, 0.6) is 5.75 Å². The highest BCUT2D eigenvalue weighted by atomic mass is 16.5. The normalized spacial score (nSPS) is 14.7. The lowest BCUT2D eigenvalue weighted by Crippen LogP contribution is -2.41. The van der Waals surface area contributed by atoms with E-state index in [2.05, 4.69) is 44.7 Å². The Kier molecular flexibility index (Phi) is 7.89. The molecule has 2 aromatic carbocycles. The lowest BCUT2D eigenvalue weighted by atomic mass is 10.0. The number of amides is 2. The molecule has 0 aliphatic carbocycles. The molecule has 1 heterocycles. The summed E-state index contributed by atoms with van der Waals surface area (Å²) in [5.74, 6) is -0.808. The molecule has 3 rings (SSSR count). The molecule has 1 atom stereocenters. The highest BCUT2D eigenvalue weighted by Crippen LogP contribution is 2.26. The van der Waals surface area contributed by atoms with Gasteiger partial charge in [-0.2, -0.15) is 0 Å². The molecule has 166 valence electrons. The van der Waals surface area contributed by atoms with E-state index in [0.717, 1.165) is 37.2 Å².